The van der Waals surface area contributed by atoms with Gasteiger partial charge in [0.2, 0.25) is 0 Å². The Labute approximate surface area is 208 Å². The van der Waals surface area contributed by atoms with Crippen LogP contribution in [0.5, 0.6) is 0 Å². The number of nitrogens with one attached hydrogen (secondary N) is 1. The Bertz CT molecular complexity index is 1270. The summed E-state index contributed by atoms with van der Waals surface area (Å²) in [6.45, 7) is 1.03. The van der Waals surface area contributed by atoms with Gasteiger partial charge in [0.1, 0.15) is 0 Å². The maximum absolute atomic E-state index is 13.0. The standard InChI is InChI=1S/C26H21F6N3O2/c27-25(28,29)19-7-5-17(6-8-19)16-34-13-2-14-35(24(34)37)22-11-9-21(10-12-22)33-23(36)18-3-1-4-20(15-18)26(30,31)32/h1,3-12,15H,2,13-14,16H2,(H,33,36). The number of carbonyl (C=O) groups is 2. The summed E-state index contributed by atoms with van der Waals surface area (Å²) in [4.78, 5) is 28.5. The second-order valence-electron chi connectivity index (χ2n) is 8.48. The first-order chi connectivity index (χ1) is 17.4. The van der Waals surface area contributed by atoms with Crippen molar-refractivity contribution in [3.05, 3.63) is 95.1 Å². The number of benzene rings is 3. The molecule has 4 rings (SSSR count). The molecular formula is C26H21F6N3O2. The molecule has 0 spiro atoms. The van der Waals surface area contributed by atoms with Crippen LogP contribution in [0.15, 0.2) is 72.8 Å². The van der Waals surface area contributed by atoms with Crippen LogP contribution in [0.3, 0.4) is 0 Å². The molecule has 0 aromatic heterocycles. The Hall–Kier alpha value is -4.02. The van der Waals surface area contributed by atoms with Gasteiger partial charge >= 0.3 is 18.4 Å². The molecule has 1 saturated heterocycles. The largest absolute Gasteiger partial charge is 0.416 e. The maximum atomic E-state index is 13.0. The van der Waals surface area contributed by atoms with Gasteiger partial charge in [-0.3, -0.25) is 9.69 Å². The van der Waals surface area contributed by atoms with Crippen molar-refractivity contribution in [3.63, 3.8) is 0 Å². The van der Waals surface area contributed by atoms with Crippen LogP contribution in [0, 0.1) is 0 Å². The Balaban J connectivity index is 1.41. The number of anilines is 2. The number of alkyl halides is 6. The highest BCUT2D eigenvalue weighted by atomic mass is 19.4. The van der Waals surface area contributed by atoms with E-state index in [1.807, 2.05) is 0 Å². The third-order valence-electron chi connectivity index (χ3n) is 5.85. The van der Waals surface area contributed by atoms with Crippen LogP contribution in [0.4, 0.5) is 42.5 Å². The fraction of sp³-hybridized carbons (Fsp3) is 0.231. The van der Waals surface area contributed by atoms with Gasteiger partial charge < -0.3 is 10.2 Å². The number of urea groups is 1. The average molecular weight is 521 g/mol. The molecule has 194 valence electrons. The molecule has 11 heteroatoms. The SMILES string of the molecule is O=C(Nc1ccc(N2CCCN(Cc3ccc(C(F)(F)F)cc3)C2=O)cc1)c1cccc(C(F)(F)F)c1. The van der Waals surface area contributed by atoms with Gasteiger partial charge in [-0.1, -0.05) is 18.2 Å². The van der Waals surface area contributed by atoms with Crippen LogP contribution in [0.25, 0.3) is 0 Å². The van der Waals surface area contributed by atoms with Crippen molar-refractivity contribution in [2.24, 2.45) is 0 Å². The second-order valence-corrected chi connectivity index (χ2v) is 8.48. The summed E-state index contributed by atoms with van der Waals surface area (Å²) in [6.07, 6.45) is -8.37. The van der Waals surface area contributed by atoms with Crippen molar-refractivity contribution in [2.75, 3.05) is 23.3 Å². The summed E-state index contributed by atoms with van der Waals surface area (Å²) in [5.74, 6) is -0.712. The number of hydrogen-bond acceptors (Lipinski definition) is 2. The lowest BCUT2D eigenvalue weighted by molar-refractivity contribution is -0.138. The average Bonchev–Trinajstić information content (AvgIpc) is 2.85. The van der Waals surface area contributed by atoms with E-state index in [4.69, 9.17) is 0 Å². The Kier molecular flexibility index (Phi) is 7.15. The van der Waals surface area contributed by atoms with Crippen LogP contribution in [0.2, 0.25) is 0 Å². The molecular weight excluding hydrogens is 500 g/mol. The van der Waals surface area contributed by atoms with E-state index < -0.39 is 29.4 Å². The molecule has 0 unspecified atom stereocenters. The molecule has 0 bridgehead atoms. The molecule has 0 saturated carbocycles. The van der Waals surface area contributed by atoms with E-state index in [-0.39, 0.29) is 18.1 Å². The van der Waals surface area contributed by atoms with Crippen molar-refractivity contribution < 1.29 is 35.9 Å². The molecule has 1 fully saturated rings. The van der Waals surface area contributed by atoms with E-state index >= 15 is 0 Å². The summed E-state index contributed by atoms with van der Waals surface area (Å²) in [6, 6.07) is 14.7. The van der Waals surface area contributed by atoms with E-state index in [2.05, 4.69) is 5.32 Å². The molecule has 1 heterocycles. The molecule has 0 radical (unpaired) electrons. The molecule has 1 aliphatic heterocycles. The lowest BCUT2D eigenvalue weighted by Gasteiger charge is -2.35. The quantitative estimate of drug-likeness (QED) is 0.375. The summed E-state index contributed by atoms with van der Waals surface area (Å²) in [5.41, 5.74) is -0.403. The molecule has 0 aliphatic carbocycles. The lowest BCUT2D eigenvalue weighted by atomic mass is 10.1. The number of hydrogen-bond donors (Lipinski definition) is 1. The van der Waals surface area contributed by atoms with Crippen molar-refractivity contribution in [1.29, 1.82) is 0 Å². The van der Waals surface area contributed by atoms with Crippen LogP contribution in [-0.4, -0.2) is 29.9 Å². The number of rotatable bonds is 5. The summed E-state index contributed by atoms with van der Waals surface area (Å²) < 4.78 is 77.1. The van der Waals surface area contributed by atoms with E-state index in [1.54, 1.807) is 12.1 Å². The number of amides is 3. The first-order valence-corrected chi connectivity index (χ1v) is 11.2. The zero-order valence-electron chi connectivity index (χ0n) is 19.2. The molecule has 0 atom stereocenters. The minimum Gasteiger partial charge on any atom is -0.322 e. The third kappa shape index (κ3) is 6.22. The highest BCUT2D eigenvalue weighted by molar-refractivity contribution is 6.04. The summed E-state index contributed by atoms with van der Waals surface area (Å²) in [5, 5.41) is 2.53. The number of carbonyl (C=O) groups excluding carboxylic acids is 2. The molecule has 5 nitrogen and oxygen atoms in total. The highest BCUT2D eigenvalue weighted by Gasteiger charge is 2.32. The minimum absolute atomic E-state index is 0.149. The predicted octanol–water partition coefficient (Wildman–Crippen LogP) is 6.81. The monoisotopic (exact) mass is 521 g/mol. The van der Waals surface area contributed by atoms with Crippen LogP contribution in [0.1, 0.15) is 33.5 Å². The lowest BCUT2D eigenvalue weighted by Crippen LogP contribution is -2.49. The number of halogens is 6. The highest BCUT2D eigenvalue weighted by Crippen LogP contribution is 2.31. The second kappa shape index (κ2) is 10.2. The molecule has 3 aromatic rings. The topological polar surface area (TPSA) is 52.7 Å². The van der Waals surface area contributed by atoms with Gasteiger partial charge in [0.05, 0.1) is 11.1 Å². The van der Waals surface area contributed by atoms with E-state index in [0.717, 1.165) is 30.3 Å². The van der Waals surface area contributed by atoms with Crippen LogP contribution < -0.4 is 10.2 Å². The minimum atomic E-state index is -4.57. The normalized spacial score (nSPS) is 14.6. The summed E-state index contributed by atoms with van der Waals surface area (Å²) in [7, 11) is 0. The maximum Gasteiger partial charge on any atom is 0.416 e. The van der Waals surface area contributed by atoms with Crippen molar-refractivity contribution in [3.8, 4) is 0 Å². The zero-order valence-corrected chi connectivity index (χ0v) is 19.2. The van der Waals surface area contributed by atoms with Crippen molar-refractivity contribution in [2.45, 2.75) is 25.3 Å². The van der Waals surface area contributed by atoms with Gasteiger partial charge in [0.15, 0.2) is 0 Å². The number of nitrogens with zero attached hydrogens (tertiary/aromatic N) is 2. The Morgan fingerprint density at radius 1 is 0.811 bits per heavy atom. The van der Waals surface area contributed by atoms with Gasteiger partial charge in [-0.15, -0.1) is 0 Å². The third-order valence-corrected chi connectivity index (χ3v) is 5.85. The Morgan fingerprint density at radius 2 is 1.46 bits per heavy atom. The molecule has 1 N–H and O–H groups in total. The zero-order chi connectivity index (χ0) is 26.8. The van der Waals surface area contributed by atoms with E-state index in [0.29, 0.717) is 36.4 Å². The van der Waals surface area contributed by atoms with Gasteiger partial charge in [-0.25, -0.2) is 4.79 Å². The van der Waals surface area contributed by atoms with Gasteiger partial charge in [-0.05, 0) is 66.6 Å². The van der Waals surface area contributed by atoms with Crippen LogP contribution in [-0.2, 0) is 18.9 Å². The Morgan fingerprint density at radius 3 is 2.08 bits per heavy atom. The van der Waals surface area contributed by atoms with Gasteiger partial charge in [-0.2, -0.15) is 26.3 Å². The van der Waals surface area contributed by atoms with Crippen molar-refractivity contribution >= 4 is 23.3 Å². The first-order valence-electron chi connectivity index (χ1n) is 11.2. The fourth-order valence-corrected chi connectivity index (χ4v) is 3.95. The predicted molar refractivity (Wildman–Crippen MR) is 125 cm³/mol. The van der Waals surface area contributed by atoms with Gasteiger partial charge in [0.25, 0.3) is 5.91 Å². The summed E-state index contributed by atoms with van der Waals surface area (Å²) >= 11 is 0. The van der Waals surface area contributed by atoms with E-state index in [9.17, 15) is 35.9 Å². The van der Waals surface area contributed by atoms with E-state index in [1.165, 1.54) is 40.1 Å². The molecule has 3 aromatic carbocycles. The molecule has 1 aliphatic rings. The van der Waals surface area contributed by atoms with Crippen LogP contribution >= 0.6 is 0 Å². The molecule has 37 heavy (non-hydrogen) atoms. The van der Waals surface area contributed by atoms with Gasteiger partial charge in [0, 0.05) is 36.6 Å². The fourth-order valence-electron chi connectivity index (χ4n) is 3.95. The smallest absolute Gasteiger partial charge is 0.322 e. The first kappa shape index (κ1) is 26.1. The molecule has 3 amide bonds. The van der Waals surface area contributed by atoms with Crippen molar-refractivity contribution in [1.82, 2.24) is 4.90 Å².